The van der Waals surface area contributed by atoms with Gasteiger partial charge in [-0.2, -0.15) is 5.10 Å². The van der Waals surface area contributed by atoms with Gasteiger partial charge in [0.2, 0.25) is 0 Å². The summed E-state index contributed by atoms with van der Waals surface area (Å²) in [5.74, 6) is 0.693. The van der Waals surface area contributed by atoms with E-state index in [-0.39, 0.29) is 0 Å². The number of hydrogen-bond donors (Lipinski definition) is 1. The largest absolute Gasteiger partial charge is 0.396 e. The van der Waals surface area contributed by atoms with E-state index < -0.39 is 0 Å². The molecule has 2 aromatic rings. The maximum atomic E-state index is 5.81. The van der Waals surface area contributed by atoms with Crippen LogP contribution in [-0.4, -0.2) is 14.8 Å². The molecule has 4 nitrogen and oxygen atoms in total. The lowest BCUT2D eigenvalue weighted by Gasteiger charge is -2.04. The molecule has 0 spiro atoms. The van der Waals surface area contributed by atoms with Crippen molar-refractivity contribution in [2.75, 3.05) is 5.73 Å². The van der Waals surface area contributed by atoms with Crippen LogP contribution in [0.2, 0.25) is 0 Å². The lowest BCUT2D eigenvalue weighted by molar-refractivity contribution is 0.830. The number of nitrogens with two attached hydrogens (primary N) is 1. The zero-order valence-corrected chi connectivity index (χ0v) is 8.23. The van der Waals surface area contributed by atoms with Crippen molar-refractivity contribution in [2.45, 2.75) is 13.8 Å². The maximum absolute atomic E-state index is 5.81. The minimum Gasteiger partial charge on any atom is -0.396 e. The van der Waals surface area contributed by atoms with Crippen LogP contribution < -0.4 is 5.73 Å². The number of anilines is 1. The van der Waals surface area contributed by atoms with Crippen LogP contribution >= 0.6 is 0 Å². The van der Waals surface area contributed by atoms with Crippen molar-refractivity contribution in [2.24, 2.45) is 0 Å². The normalized spacial score (nSPS) is 10.4. The summed E-state index contributed by atoms with van der Waals surface area (Å²) in [5.41, 5.74) is 8.33. The van der Waals surface area contributed by atoms with E-state index in [0.29, 0.717) is 11.5 Å². The minimum absolute atomic E-state index is 0.638. The molecule has 0 amide bonds. The summed E-state index contributed by atoms with van der Waals surface area (Å²) in [7, 11) is 0. The molecule has 0 aliphatic rings. The fourth-order valence-electron chi connectivity index (χ4n) is 1.27. The number of nitrogen functional groups attached to an aromatic ring is 1. The Morgan fingerprint density at radius 1 is 1.14 bits per heavy atom. The van der Waals surface area contributed by atoms with Crippen molar-refractivity contribution < 1.29 is 0 Å². The van der Waals surface area contributed by atoms with Gasteiger partial charge in [0.25, 0.3) is 0 Å². The minimum atomic E-state index is 0.638. The fourth-order valence-corrected chi connectivity index (χ4v) is 1.27. The second-order valence-corrected chi connectivity index (χ2v) is 3.27. The predicted molar refractivity (Wildman–Crippen MR) is 55.2 cm³/mol. The van der Waals surface area contributed by atoms with E-state index in [4.69, 9.17) is 5.73 Å². The van der Waals surface area contributed by atoms with Gasteiger partial charge in [-0.15, -0.1) is 0 Å². The third-order valence-electron chi connectivity index (χ3n) is 1.98. The Balaban J connectivity index is 2.55. The van der Waals surface area contributed by atoms with Gasteiger partial charge in [0.15, 0.2) is 5.82 Å². The average Bonchev–Trinajstić information content (AvgIpc) is 2.56. The number of hydrogen-bond acceptors (Lipinski definition) is 3. The van der Waals surface area contributed by atoms with Crippen molar-refractivity contribution in [1.82, 2.24) is 14.8 Å². The first-order valence-electron chi connectivity index (χ1n) is 4.42. The van der Waals surface area contributed by atoms with Crippen LogP contribution in [0.1, 0.15) is 11.4 Å². The van der Waals surface area contributed by atoms with Crippen LogP contribution in [-0.2, 0) is 0 Å². The number of rotatable bonds is 1. The molecule has 2 aromatic heterocycles. The summed E-state index contributed by atoms with van der Waals surface area (Å²) in [6, 6.07) is 5.65. The highest BCUT2D eigenvalue weighted by Gasteiger charge is 2.04. The molecule has 0 bridgehead atoms. The van der Waals surface area contributed by atoms with Gasteiger partial charge in [-0.1, -0.05) is 0 Å². The Kier molecular flexibility index (Phi) is 1.96. The van der Waals surface area contributed by atoms with Crippen LogP contribution in [0.4, 0.5) is 5.69 Å². The third kappa shape index (κ3) is 1.46. The lowest BCUT2D eigenvalue weighted by atomic mass is 10.3. The summed E-state index contributed by atoms with van der Waals surface area (Å²) in [5, 5.41) is 4.26. The Morgan fingerprint density at radius 2 is 1.93 bits per heavy atom. The van der Waals surface area contributed by atoms with Gasteiger partial charge in [0.1, 0.15) is 0 Å². The Morgan fingerprint density at radius 3 is 2.57 bits per heavy atom. The van der Waals surface area contributed by atoms with Gasteiger partial charge < -0.3 is 5.73 Å². The highest BCUT2D eigenvalue weighted by molar-refractivity contribution is 5.52. The molecular weight excluding hydrogens is 176 g/mol. The summed E-state index contributed by atoms with van der Waals surface area (Å²) in [4.78, 5) is 4.33. The quantitative estimate of drug-likeness (QED) is 0.737. The highest BCUT2D eigenvalue weighted by Crippen LogP contribution is 2.14. The Bertz CT molecular complexity index is 459. The SMILES string of the molecule is Cc1ccc(N)c(-n2ccc(C)n2)n1. The fraction of sp³-hybridized carbons (Fsp3) is 0.200. The molecule has 0 radical (unpaired) electrons. The van der Waals surface area contributed by atoms with Gasteiger partial charge in [-0.05, 0) is 32.0 Å². The van der Waals surface area contributed by atoms with E-state index in [1.54, 1.807) is 4.68 Å². The van der Waals surface area contributed by atoms with E-state index in [0.717, 1.165) is 11.4 Å². The van der Waals surface area contributed by atoms with Gasteiger partial charge >= 0.3 is 0 Å². The maximum Gasteiger partial charge on any atom is 0.176 e. The van der Waals surface area contributed by atoms with Gasteiger partial charge in [-0.25, -0.2) is 9.67 Å². The molecule has 2 N–H and O–H groups in total. The molecule has 0 aliphatic heterocycles. The van der Waals surface area contributed by atoms with Crippen LogP contribution in [0.15, 0.2) is 24.4 Å². The molecule has 0 unspecified atom stereocenters. The van der Waals surface area contributed by atoms with Crippen LogP contribution in [0.3, 0.4) is 0 Å². The molecule has 0 fully saturated rings. The molecule has 0 aromatic carbocycles. The highest BCUT2D eigenvalue weighted by atomic mass is 15.3. The van der Waals surface area contributed by atoms with Crippen molar-refractivity contribution in [3.05, 3.63) is 35.8 Å². The van der Waals surface area contributed by atoms with E-state index >= 15 is 0 Å². The molecule has 2 rings (SSSR count). The van der Waals surface area contributed by atoms with Crippen LogP contribution in [0.5, 0.6) is 0 Å². The zero-order valence-electron chi connectivity index (χ0n) is 8.23. The third-order valence-corrected chi connectivity index (χ3v) is 1.98. The molecule has 0 atom stereocenters. The monoisotopic (exact) mass is 188 g/mol. The van der Waals surface area contributed by atoms with Crippen LogP contribution in [0, 0.1) is 13.8 Å². The molecule has 0 aliphatic carbocycles. The van der Waals surface area contributed by atoms with E-state index in [9.17, 15) is 0 Å². The van der Waals surface area contributed by atoms with Crippen molar-refractivity contribution >= 4 is 5.69 Å². The van der Waals surface area contributed by atoms with Crippen molar-refractivity contribution in [3.63, 3.8) is 0 Å². The Labute approximate surface area is 82.4 Å². The summed E-state index contributed by atoms with van der Waals surface area (Å²) in [6.07, 6.45) is 1.85. The molecule has 72 valence electrons. The Hall–Kier alpha value is -1.84. The molecule has 14 heavy (non-hydrogen) atoms. The first kappa shape index (κ1) is 8.74. The van der Waals surface area contributed by atoms with E-state index in [2.05, 4.69) is 10.1 Å². The molecule has 0 saturated carbocycles. The van der Waals surface area contributed by atoms with Crippen molar-refractivity contribution in [1.29, 1.82) is 0 Å². The van der Waals surface area contributed by atoms with Gasteiger partial charge in [0, 0.05) is 11.9 Å². The van der Waals surface area contributed by atoms with Crippen LogP contribution in [0.25, 0.3) is 5.82 Å². The van der Waals surface area contributed by atoms with Gasteiger partial charge in [-0.3, -0.25) is 0 Å². The number of aryl methyl sites for hydroxylation is 2. The number of nitrogens with zero attached hydrogens (tertiary/aromatic N) is 3. The molecular formula is C10H12N4. The zero-order chi connectivity index (χ0) is 10.1. The standard InChI is InChI=1S/C10H12N4/c1-7-3-4-9(11)10(12-7)14-6-5-8(2)13-14/h3-6H,11H2,1-2H3. The summed E-state index contributed by atoms with van der Waals surface area (Å²) >= 11 is 0. The number of aromatic nitrogens is 3. The smallest absolute Gasteiger partial charge is 0.176 e. The lowest BCUT2D eigenvalue weighted by Crippen LogP contribution is -2.04. The second-order valence-electron chi connectivity index (χ2n) is 3.27. The topological polar surface area (TPSA) is 56.7 Å². The average molecular weight is 188 g/mol. The first-order chi connectivity index (χ1) is 6.66. The predicted octanol–water partition coefficient (Wildman–Crippen LogP) is 1.47. The van der Waals surface area contributed by atoms with Gasteiger partial charge in [0.05, 0.1) is 11.4 Å². The van der Waals surface area contributed by atoms with E-state index in [1.807, 2.05) is 38.2 Å². The van der Waals surface area contributed by atoms with E-state index in [1.165, 1.54) is 0 Å². The molecule has 4 heteroatoms. The molecule has 2 heterocycles. The second kappa shape index (κ2) is 3.14. The number of pyridine rings is 1. The molecule has 0 saturated heterocycles. The summed E-state index contributed by atoms with van der Waals surface area (Å²) < 4.78 is 1.69. The first-order valence-corrected chi connectivity index (χ1v) is 4.42. The van der Waals surface area contributed by atoms with Crippen molar-refractivity contribution in [3.8, 4) is 5.82 Å². The summed E-state index contributed by atoms with van der Waals surface area (Å²) in [6.45, 7) is 3.86.